The van der Waals surface area contributed by atoms with Gasteiger partial charge in [0, 0.05) is 11.1 Å². The molecule has 2 rings (SSSR count). The van der Waals surface area contributed by atoms with E-state index in [1.165, 1.54) is 5.56 Å². The van der Waals surface area contributed by atoms with Crippen LogP contribution in [-0.2, 0) is 0 Å². The molecule has 0 saturated heterocycles. The summed E-state index contributed by atoms with van der Waals surface area (Å²) in [6.07, 6.45) is -0.0783. The first-order valence-corrected chi connectivity index (χ1v) is 6.79. The van der Waals surface area contributed by atoms with Crippen LogP contribution in [0.3, 0.4) is 0 Å². The van der Waals surface area contributed by atoms with Gasteiger partial charge in [0.05, 0.1) is 6.42 Å². The lowest BCUT2D eigenvalue weighted by Crippen LogP contribution is -2.08. The van der Waals surface area contributed by atoms with E-state index in [-0.39, 0.29) is 18.0 Å². The van der Waals surface area contributed by atoms with Crippen molar-refractivity contribution < 1.29 is 9.59 Å². The standard InChI is InChI=1S/C18H18O2/c1-13(2)14-8-10-16(11-9-14)18(20)12-17(19)15-6-4-3-5-7-15/h3-11,13H,12H2,1-2H3. The van der Waals surface area contributed by atoms with Gasteiger partial charge in [-0.1, -0.05) is 68.4 Å². The molecule has 0 aromatic heterocycles. The average molecular weight is 266 g/mol. The number of rotatable bonds is 5. The Morgan fingerprint density at radius 1 is 0.800 bits per heavy atom. The minimum Gasteiger partial charge on any atom is -0.294 e. The Morgan fingerprint density at radius 3 is 1.80 bits per heavy atom. The zero-order valence-corrected chi connectivity index (χ0v) is 11.8. The Bertz CT molecular complexity index is 595. The van der Waals surface area contributed by atoms with Crippen molar-refractivity contribution in [2.24, 2.45) is 0 Å². The minimum atomic E-state index is -0.136. The molecule has 0 fully saturated rings. The summed E-state index contributed by atoms with van der Waals surface area (Å²) in [5.41, 5.74) is 2.37. The highest BCUT2D eigenvalue weighted by Crippen LogP contribution is 2.16. The second-order valence-corrected chi connectivity index (χ2v) is 5.17. The van der Waals surface area contributed by atoms with Crippen molar-refractivity contribution in [3.63, 3.8) is 0 Å². The molecule has 0 spiro atoms. The van der Waals surface area contributed by atoms with Crippen molar-refractivity contribution in [1.29, 1.82) is 0 Å². The molecule has 0 unspecified atom stereocenters. The molecule has 0 atom stereocenters. The van der Waals surface area contributed by atoms with Gasteiger partial charge in [0.25, 0.3) is 0 Å². The first kappa shape index (κ1) is 14.2. The molecule has 2 heteroatoms. The predicted octanol–water partition coefficient (Wildman–Crippen LogP) is 4.27. The van der Waals surface area contributed by atoms with Gasteiger partial charge in [-0.15, -0.1) is 0 Å². The van der Waals surface area contributed by atoms with Crippen LogP contribution in [0, 0.1) is 0 Å². The quantitative estimate of drug-likeness (QED) is 0.598. The molecule has 0 bridgehead atoms. The van der Waals surface area contributed by atoms with E-state index >= 15 is 0 Å². The number of Topliss-reactive ketones (excluding diaryl/α,β-unsaturated/α-hetero) is 2. The molecule has 2 aromatic rings. The van der Waals surface area contributed by atoms with E-state index in [0.717, 1.165) is 0 Å². The Kier molecular flexibility index (Phi) is 4.46. The summed E-state index contributed by atoms with van der Waals surface area (Å²) in [5, 5.41) is 0. The molecule has 20 heavy (non-hydrogen) atoms. The Morgan fingerprint density at radius 2 is 1.30 bits per heavy atom. The van der Waals surface area contributed by atoms with Crippen LogP contribution in [-0.4, -0.2) is 11.6 Å². The van der Waals surface area contributed by atoms with E-state index in [0.29, 0.717) is 17.0 Å². The zero-order chi connectivity index (χ0) is 14.5. The molecular weight excluding hydrogens is 248 g/mol. The second kappa shape index (κ2) is 6.29. The van der Waals surface area contributed by atoms with Crippen LogP contribution in [0.5, 0.6) is 0 Å². The molecular formula is C18H18O2. The maximum absolute atomic E-state index is 12.1. The largest absolute Gasteiger partial charge is 0.294 e. The van der Waals surface area contributed by atoms with Crippen LogP contribution in [0.4, 0.5) is 0 Å². The van der Waals surface area contributed by atoms with Crippen molar-refractivity contribution in [2.45, 2.75) is 26.2 Å². The van der Waals surface area contributed by atoms with E-state index in [2.05, 4.69) is 13.8 Å². The summed E-state index contributed by atoms with van der Waals surface area (Å²) in [6, 6.07) is 16.4. The third-order valence-corrected chi connectivity index (χ3v) is 3.32. The normalized spacial score (nSPS) is 10.6. The van der Waals surface area contributed by atoms with Gasteiger partial charge in [-0.3, -0.25) is 9.59 Å². The third-order valence-electron chi connectivity index (χ3n) is 3.32. The lowest BCUT2D eigenvalue weighted by Gasteiger charge is -2.06. The number of carbonyl (C=O) groups is 2. The fourth-order valence-electron chi connectivity index (χ4n) is 2.03. The van der Waals surface area contributed by atoms with E-state index < -0.39 is 0 Å². The van der Waals surface area contributed by atoms with Gasteiger partial charge in [-0.2, -0.15) is 0 Å². The zero-order valence-electron chi connectivity index (χ0n) is 11.8. The summed E-state index contributed by atoms with van der Waals surface area (Å²) < 4.78 is 0. The van der Waals surface area contributed by atoms with Gasteiger partial charge in [-0.25, -0.2) is 0 Å². The molecule has 2 aromatic carbocycles. The fraction of sp³-hybridized carbons (Fsp3) is 0.222. The molecule has 0 N–H and O–H groups in total. The Labute approximate surface area is 119 Å². The van der Waals surface area contributed by atoms with Gasteiger partial charge < -0.3 is 0 Å². The third kappa shape index (κ3) is 3.41. The van der Waals surface area contributed by atoms with Crippen molar-refractivity contribution in [1.82, 2.24) is 0 Å². The van der Waals surface area contributed by atoms with Crippen LogP contribution >= 0.6 is 0 Å². The topological polar surface area (TPSA) is 34.1 Å². The Hall–Kier alpha value is -2.22. The van der Waals surface area contributed by atoms with Crippen molar-refractivity contribution in [3.05, 3.63) is 71.3 Å². The number of carbonyl (C=O) groups excluding carboxylic acids is 2. The van der Waals surface area contributed by atoms with Crippen LogP contribution in [0.1, 0.15) is 52.5 Å². The summed E-state index contributed by atoms with van der Waals surface area (Å²) in [7, 11) is 0. The van der Waals surface area contributed by atoms with Crippen LogP contribution in [0.2, 0.25) is 0 Å². The molecule has 0 saturated carbocycles. The number of benzene rings is 2. The lowest BCUT2D eigenvalue weighted by atomic mass is 9.98. The van der Waals surface area contributed by atoms with Crippen molar-refractivity contribution >= 4 is 11.6 Å². The van der Waals surface area contributed by atoms with Gasteiger partial charge in [-0.05, 0) is 11.5 Å². The second-order valence-electron chi connectivity index (χ2n) is 5.17. The summed E-state index contributed by atoms with van der Waals surface area (Å²) in [5.74, 6) is 0.169. The fourth-order valence-corrected chi connectivity index (χ4v) is 2.03. The summed E-state index contributed by atoms with van der Waals surface area (Å²) >= 11 is 0. The maximum atomic E-state index is 12.1. The molecule has 0 heterocycles. The predicted molar refractivity (Wildman–Crippen MR) is 80.3 cm³/mol. The monoisotopic (exact) mass is 266 g/mol. The minimum absolute atomic E-state index is 0.0783. The van der Waals surface area contributed by atoms with E-state index in [1.54, 1.807) is 36.4 Å². The van der Waals surface area contributed by atoms with Gasteiger partial charge in [0.2, 0.25) is 0 Å². The number of hydrogen-bond donors (Lipinski definition) is 0. The van der Waals surface area contributed by atoms with Crippen LogP contribution in [0.15, 0.2) is 54.6 Å². The highest BCUT2D eigenvalue weighted by Gasteiger charge is 2.13. The first-order valence-electron chi connectivity index (χ1n) is 6.79. The van der Waals surface area contributed by atoms with E-state index in [9.17, 15) is 9.59 Å². The average Bonchev–Trinajstić information content (AvgIpc) is 2.48. The van der Waals surface area contributed by atoms with Crippen LogP contribution in [0.25, 0.3) is 0 Å². The first-order chi connectivity index (χ1) is 9.58. The van der Waals surface area contributed by atoms with Gasteiger partial charge in [0.15, 0.2) is 11.6 Å². The maximum Gasteiger partial charge on any atom is 0.170 e. The smallest absolute Gasteiger partial charge is 0.170 e. The molecule has 0 aliphatic rings. The van der Waals surface area contributed by atoms with E-state index in [1.807, 2.05) is 18.2 Å². The summed E-state index contributed by atoms with van der Waals surface area (Å²) in [6.45, 7) is 4.21. The lowest BCUT2D eigenvalue weighted by molar-refractivity contribution is 0.0894. The molecule has 2 nitrogen and oxygen atoms in total. The molecule has 102 valence electrons. The molecule has 0 radical (unpaired) electrons. The Balaban J connectivity index is 2.07. The highest BCUT2D eigenvalue weighted by atomic mass is 16.1. The number of ketones is 2. The number of hydrogen-bond acceptors (Lipinski definition) is 2. The van der Waals surface area contributed by atoms with Gasteiger partial charge in [0.1, 0.15) is 0 Å². The van der Waals surface area contributed by atoms with Crippen molar-refractivity contribution in [3.8, 4) is 0 Å². The van der Waals surface area contributed by atoms with Gasteiger partial charge >= 0.3 is 0 Å². The highest BCUT2D eigenvalue weighted by molar-refractivity contribution is 6.13. The molecule has 0 aliphatic carbocycles. The van der Waals surface area contributed by atoms with Crippen LogP contribution < -0.4 is 0 Å². The molecule has 0 amide bonds. The SMILES string of the molecule is CC(C)c1ccc(C(=O)CC(=O)c2ccccc2)cc1. The van der Waals surface area contributed by atoms with Crippen molar-refractivity contribution in [2.75, 3.05) is 0 Å². The van der Waals surface area contributed by atoms with E-state index in [4.69, 9.17) is 0 Å². The summed E-state index contributed by atoms with van der Waals surface area (Å²) in [4.78, 5) is 24.1. The molecule has 0 aliphatic heterocycles.